The highest BCUT2D eigenvalue weighted by molar-refractivity contribution is 5.93. The molecule has 0 unspecified atom stereocenters. The van der Waals surface area contributed by atoms with Crippen molar-refractivity contribution in [3.05, 3.63) is 83.9 Å². The first kappa shape index (κ1) is 13.1. The Bertz CT molecular complexity index is 533. The van der Waals surface area contributed by atoms with Gasteiger partial charge in [-0.15, -0.1) is 0 Å². The van der Waals surface area contributed by atoms with E-state index < -0.39 is 5.41 Å². The molecule has 2 rings (SSSR count). The molecule has 0 saturated heterocycles. The van der Waals surface area contributed by atoms with Gasteiger partial charge in [0, 0.05) is 0 Å². The smallest absolute Gasteiger partial charge is 0.236 e. The Hall–Kier alpha value is -2.35. The summed E-state index contributed by atoms with van der Waals surface area (Å²) in [6.45, 7) is 1.89. The van der Waals surface area contributed by atoms with Crippen molar-refractivity contribution < 1.29 is 4.79 Å². The van der Waals surface area contributed by atoms with Crippen LogP contribution >= 0.6 is 0 Å². The molecule has 0 aliphatic heterocycles. The van der Waals surface area contributed by atoms with Crippen LogP contribution in [0.2, 0.25) is 0 Å². The first-order chi connectivity index (χ1) is 9.21. The fourth-order valence-corrected chi connectivity index (χ4v) is 2.38. The van der Waals surface area contributed by atoms with Crippen LogP contribution in [-0.2, 0) is 10.2 Å². The Balaban J connectivity index is 2.72. The third-order valence-electron chi connectivity index (χ3n) is 3.26. The first-order valence-corrected chi connectivity index (χ1v) is 6.26. The number of rotatable bonds is 4. The molecule has 0 saturated carbocycles. The fraction of sp³-hybridized carbons (Fsp3) is 0.118. The van der Waals surface area contributed by atoms with E-state index in [9.17, 15) is 4.79 Å². The molecule has 2 aromatic rings. The SMILES string of the molecule is CC=CC(C(N)=O)(c1ccccc1)c1ccccc1. The Morgan fingerprint density at radius 2 is 1.37 bits per heavy atom. The van der Waals surface area contributed by atoms with Crippen LogP contribution in [0.1, 0.15) is 18.1 Å². The molecule has 0 aliphatic rings. The Labute approximate surface area is 113 Å². The highest BCUT2D eigenvalue weighted by atomic mass is 16.1. The number of carbonyl (C=O) groups excluding carboxylic acids is 1. The molecule has 0 aromatic heterocycles. The second-order valence-corrected chi connectivity index (χ2v) is 4.40. The lowest BCUT2D eigenvalue weighted by atomic mass is 9.73. The second kappa shape index (κ2) is 5.53. The van der Waals surface area contributed by atoms with Gasteiger partial charge < -0.3 is 5.73 Å². The van der Waals surface area contributed by atoms with Crippen molar-refractivity contribution in [2.45, 2.75) is 12.3 Å². The number of allylic oxidation sites excluding steroid dienone is 1. The molecular weight excluding hydrogens is 234 g/mol. The van der Waals surface area contributed by atoms with E-state index in [1.165, 1.54) is 0 Å². The van der Waals surface area contributed by atoms with Crippen LogP contribution < -0.4 is 5.73 Å². The average molecular weight is 251 g/mol. The maximum Gasteiger partial charge on any atom is 0.236 e. The summed E-state index contributed by atoms with van der Waals surface area (Å²) in [5.74, 6) is -0.372. The highest BCUT2D eigenvalue weighted by Gasteiger charge is 2.37. The molecule has 2 aromatic carbocycles. The van der Waals surface area contributed by atoms with Crippen LogP contribution in [0.3, 0.4) is 0 Å². The van der Waals surface area contributed by atoms with Gasteiger partial charge >= 0.3 is 0 Å². The minimum Gasteiger partial charge on any atom is -0.368 e. The molecule has 19 heavy (non-hydrogen) atoms. The molecule has 2 heteroatoms. The maximum atomic E-state index is 12.2. The summed E-state index contributed by atoms with van der Waals surface area (Å²) in [6, 6.07) is 19.2. The van der Waals surface area contributed by atoms with E-state index in [0.717, 1.165) is 11.1 Å². The zero-order valence-electron chi connectivity index (χ0n) is 10.9. The van der Waals surface area contributed by atoms with Crippen molar-refractivity contribution in [1.29, 1.82) is 0 Å². The predicted octanol–water partition coefficient (Wildman–Crippen LogP) is 3.03. The monoisotopic (exact) mass is 251 g/mol. The standard InChI is InChI=1S/C17H17NO/c1-2-13-17(16(18)19,14-9-5-3-6-10-14)15-11-7-4-8-12-15/h2-13H,1H3,(H2,18,19). The maximum absolute atomic E-state index is 12.2. The number of benzene rings is 2. The van der Waals surface area contributed by atoms with Crippen LogP contribution in [0.25, 0.3) is 0 Å². The molecule has 2 nitrogen and oxygen atoms in total. The van der Waals surface area contributed by atoms with Crippen molar-refractivity contribution in [1.82, 2.24) is 0 Å². The van der Waals surface area contributed by atoms with Gasteiger partial charge in [0.25, 0.3) is 0 Å². The third kappa shape index (κ3) is 2.29. The third-order valence-corrected chi connectivity index (χ3v) is 3.26. The summed E-state index contributed by atoms with van der Waals surface area (Å²) in [4.78, 5) is 12.2. The topological polar surface area (TPSA) is 43.1 Å². The molecule has 96 valence electrons. The first-order valence-electron chi connectivity index (χ1n) is 6.26. The van der Waals surface area contributed by atoms with Gasteiger partial charge in [0.1, 0.15) is 5.41 Å². The molecule has 0 heterocycles. The molecule has 0 spiro atoms. The zero-order valence-corrected chi connectivity index (χ0v) is 10.9. The molecule has 1 amide bonds. The lowest BCUT2D eigenvalue weighted by Crippen LogP contribution is -2.40. The largest absolute Gasteiger partial charge is 0.368 e. The highest BCUT2D eigenvalue weighted by Crippen LogP contribution is 2.33. The van der Waals surface area contributed by atoms with Crippen molar-refractivity contribution in [2.75, 3.05) is 0 Å². The summed E-state index contributed by atoms with van der Waals surface area (Å²) >= 11 is 0. The quantitative estimate of drug-likeness (QED) is 0.834. The molecule has 0 bridgehead atoms. The van der Waals surface area contributed by atoms with Gasteiger partial charge in [0.05, 0.1) is 0 Å². The van der Waals surface area contributed by atoms with E-state index in [4.69, 9.17) is 5.73 Å². The minimum atomic E-state index is -0.905. The van der Waals surface area contributed by atoms with Gasteiger partial charge in [0.15, 0.2) is 0 Å². The summed E-state index contributed by atoms with van der Waals surface area (Å²) in [5.41, 5.74) is 6.59. The van der Waals surface area contributed by atoms with Gasteiger partial charge in [-0.3, -0.25) is 4.79 Å². The number of primary amides is 1. The Morgan fingerprint density at radius 3 is 1.68 bits per heavy atom. The van der Waals surface area contributed by atoms with Crippen LogP contribution in [0.15, 0.2) is 72.8 Å². The van der Waals surface area contributed by atoms with Gasteiger partial charge in [-0.2, -0.15) is 0 Å². The summed E-state index contributed by atoms with van der Waals surface area (Å²) < 4.78 is 0. The summed E-state index contributed by atoms with van der Waals surface area (Å²) in [5, 5.41) is 0. The summed E-state index contributed by atoms with van der Waals surface area (Å²) in [7, 11) is 0. The number of amides is 1. The van der Waals surface area contributed by atoms with E-state index in [0.29, 0.717) is 0 Å². The number of hydrogen-bond donors (Lipinski definition) is 1. The average Bonchev–Trinajstić information content (AvgIpc) is 2.46. The van der Waals surface area contributed by atoms with Crippen LogP contribution in [0.4, 0.5) is 0 Å². The van der Waals surface area contributed by atoms with Crippen LogP contribution in [0, 0.1) is 0 Å². The van der Waals surface area contributed by atoms with Crippen LogP contribution in [-0.4, -0.2) is 5.91 Å². The van der Waals surface area contributed by atoms with Crippen molar-refractivity contribution in [2.24, 2.45) is 5.73 Å². The fourth-order valence-electron chi connectivity index (χ4n) is 2.38. The zero-order chi connectivity index (χ0) is 13.7. The second-order valence-electron chi connectivity index (χ2n) is 4.40. The lowest BCUT2D eigenvalue weighted by Gasteiger charge is -2.28. The number of carbonyl (C=O) groups is 1. The van der Waals surface area contributed by atoms with E-state index >= 15 is 0 Å². The molecule has 0 atom stereocenters. The minimum absolute atomic E-state index is 0.372. The Kier molecular flexibility index (Phi) is 3.81. The van der Waals surface area contributed by atoms with Gasteiger partial charge in [-0.25, -0.2) is 0 Å². The van der Waals surface area contributed by atoms with Crippen molar-refractivity contribution in [3.63, 3.8) is 0 Å². The predicted molar refractivity (Wildman–Crippen MR) is 77.7 cm³/mol. The molecule has 0 fully saturated rings. The van der Waals surface area contributed by atoms with Gasteiger partial charge in [-0.1, -0.05) is 72.8 Å². The van der Waals surface area contributed by atoms with E-state index in [1.54, 1.807) is 0 Å². The molecule has 0 aliphatic carbocycles. The number of nitrogens with two attached hydrogens (primary N) is 1. The van der Waals surface area contributed by atoms with Gasteiger partial charge in [0.2, 0.25) is 5.91 Å². The molecule has 0 radical (unpaired) electrons. The molecular formula is C17H17NO. The van der Waals surface area contributed by atoms with E-state index in [-0.39, 0.29) is 5.91 Å². The van der Waals surface area contributed by atoms with Gasteiger partial charge in [-0.05, 0) is 18.1 Å². The van der Waals surface area contributed by atoms with E-state index in [1.807, 2.05) is 79.7 Å². The lowest BCUT2D eigenvalue weighted by molar-refractivity contribution is -0.120. The normalized spacial score (nSPS) is 11.6. The number of hydrogen-bond acceptors (Lipinski definition) is 1. The Morgan fingerprint density at radius 1 is 0.947 bits per heavy atom. The van der Waals surface area contributed by atoms with Crippen molar-refractivity contribution in [3.8, 4) is 0 Å². The summed E-state index contributed by atoms with van der Waals surface area (Å²) in [6.07, 6.45) is 3.73. The van der Waals surface area contributed by atoms with Crippen molar-refractivity contribution >= 4 is 5.91 Å². The van der Waals surface area contributed by atoms with E-state index in [2.05, 4.69) is 0 Å². The van der Waals surface area contributed by atoms with Crippen LogP contribution in [0.5, 0.6) is 0 Å². The molecule has 2 N–H and O–H groups in total.